The van der Waals surface area contributed by atoms with Crippen molar-refractivity contribution < 1.29 is 38.5 Å². The average Bonchev–Trinajstić information content (AvgIpc) is 2.94. The van der Waals surface area contributed by atoms with Crippen LogP contribution in [0, 0.1) is 0 Å². The predicted octanol–water partition coefficient (Wildman–Crippen LogP) is 4.60. The van der Waals surface area contributed by atoms with Gasteiger partial charge in [-0.2, -0.15) is 0 Å². The molecule has 0 saturated heterocycles. The number of hydrogen-bond acceptors (Lipinski definition) is 8. The van der Waals surface area contributed by atoms with E-state index in [-0.39, 0.29) is 52.2 Å². The number of carbonyl (C=O) groups is 4. The van der Waals surface area contributed by atoms with Crippen LogP contribution < -0.4 is 20.7 Å². The van der Waals surface area contributed by atoms with Crippen molar-refractivity contribution in [3.05, 3.63) is 88.4 Å². The third-order valence-electron chi connectivity index (χ3n) is 6.17. The molecule has 0 saturated carbocycles. The summed E-state index contributed by atoms with van der Waals surface area (Å²) in [6, 6.07) is 15.3. The van der Waals surface area contributed by atoms with Crippen molar-refractivity contribution >= 4 is 51.8 Å². The average molecular weight is 633 g/mol. The Morgan fingerprint density at radius 3 is 2.28 bits per heavy atom. The van der Waals surface area contributed by atoms with Crippen molar-refractivity contribution in [2.24, 2.45) is 0 Å². The largest absolute Gasteiger partial charge is 0.508 e. The molecule has 0 unspecified atom stereocenters. The maximum absolute atomic E-state index is 12.8. The maximum atomic E-state index is 12.8. The Hall–Kier alpha value is -4.14. The van der Waals surface area contributed by atoms with Crippen molar-refractivity contribution in [1.29, 1.82) is 0 Å². The number of anilines is 1. The minimum Gasteiger partial charge on any atom is -0.508 e. The van der Waals surface area contributed by atoms with Gasteiger partial charge in [0.2, 0.25) is 5.91 Å². The highest BCUT2D eigenvalue weighted by molar-refractivity contribution is 8.22. The van der Waals surface area contributed by atoms with Crippen LogP contribution in [0.5, 0.6) is 5.75 Å². The van der Waals surface area contributed by atoms with Crippen LogP contribution in [-0.2, 0) is 16.1 Å². The van der Waals surface area contributed by atoms with Gasteiger partial charge in [-0.15, -0.1) is 10.8 Å². The quantitative estimate of drug-likeness (QED) is 0.117. The Bertz CT molecular complexity index is 1470. The zero-order valence-corrected chi connectivity index (χ0v) is 24.7. The van der Waals surface area contributed by atoms with Crippen LogP contribution in [0.25, 0.3) is 0 Å². The Morgan fingerprint density at radius 1 is 0.930 bits per heavy atom. The highest BCUT2D eigenvalue weighted by Crippen LogP contribution is 2.44. The molecule has 14 heteroatoms. The molecular weight excluding hydrogens is 600 g/mol. The van der Waals surface area contributed by atoms with Crippen LogP contribution >= 0.6 is 22.4 Å². The Balaban J connectivity index is 1.48. The smallest absolute Gasteiger partial charge is 0.326 e. The number of phenolic OH excluding ortho intramolecular Hbond substituents is 1. The molecule has 3 aromatic rings. The molecule has 0 fully saturated rings. The monoisotopic (exact) mass is 632 g/mol. The second kappa shape index (κ2) is 15.4. The van der Waals surface area contributed by atoms with Gasteiger partial charge in [0.1, 0.15) is 11.8 Å². The first kappa shape index (κ1) is 33.4. The van der Waals surface area contributed by atoms with Crippen LogP contribution in [0.15, 0.2) is 71.6 Å². The van der Waals surface area contributed by atoms with Crippen LogP contribution in [-0.4, -0.2) is 55.6 Å². The first-order valence-electron chi connectivity index (χ1n) is 13.2. The summed E-state index contributed by atoms with van der Waals surface area (Å²) in [6.45, 7) is 1.69. The van der Waals surface area contributed by atoms with Crippen molar-refractivity contribution in [3.8, 4) is 5.75 Å². The van der Waals surface area contributed by atoms with E-state index in [2.05, 4.69) is 20.7 Å². The molecular formula is C29H33ClN4O8S. The summed E-state index contributed by atoms with van der Waals surface area (Å²) in [7, 11) is -3.31. The van der Waals surface area contributed by atoms with Crippen molar-refractivity contribution in [1.82, 2.24) is 15.4 Å². The van der Waals surface area contributed by atoms with E-state index >= 15 is 0 Å². The first-order chi connectivity index (χ1) is 20.4. The molecule has 0 aliphatic heterocycles. The van der Waals surface area contributed by atoms with Gasteiger partial charge in [0.15, 0.2) is 0 Å². The molecule has 0 aliphatic carbocycles. The van der Waals surface area contributed by atoms with Gasteiger partial charge in [-0.25, -0.2) is 9.52 Å². The number of aromatic hydroxyl groups is 1. The van der Waals surface area contributed by atoms with Gasteiger partial charge in [0.25, 0.3) is 11.8 Å². The number of carboxylic acid groups (broad SMARTS) is 1. The predicted molar refractivity (Wildman–Crippen MR) is 163 cm³/mol. The minimum absolute atomic E-state index is 0.00224. The van der Waals surface area contributed by atoms with E-state index in [1.54, 1.807) is 24.3 Å². The molecule has 3 rings (SSSR count). The SMILES string of the molecule is CC(=O)Nc1ccc(S(O)(O)NCCCC[C@H](NC(=O)c2ccc(C(=O)NCc3cccc(O)c3)cc2Cl)C(=O)O)cc1. The van der Waals surface area contributed by atoms with Gasteiger partial charge >= 0.3 is 5.97 Å². The molecule has 3 aromatic carbocycles. The highest BCUT2D eigenvalue weighted by atomic mass is 35.5. The molecule has 43 heavy (non-hydrogen) atoms. The lowest BCUT2D eigenvalue weighted by atomic mass is 10.1. The molecule has 0 spiro atoms. The Labute approximate surface area is 254 Å². The van der Waals surface area contributed by atoms with Crippen molar-refractivity contribution in [3.63, 3.8) is 0 Å². The van der Waals surface area contributed by atoms with Crippen molar-refractivity contribution in [2.45, 2.75) is 43.7 Å². The summed E-state index contributed by atoms with van der Waals surface area (Å²) in [6.07, 6.45) is 0.792. The van der Waals surface area contributed by atoms with Crippen LogP contribution in [0.1, 0.15) is 52.5 Å². The van der Waals surface area contributed by atoms with E-state index in [0.29, 0.717) is 24.1 Å². The molecule has 1 atom stereocenters. The van der Waals surface area contributed by atoms with E-state index in [1.807, 2.05) is 0 Å². The number of aliphatic carboxylic acids is 1. The molecule has 0 heterocycles. The fourth-order valence-corrected chi connectivity index (χ4v) is 5.36. The zero-order chi connectivity index (χ0) is 31.6. The van der Waals surface area contributed by atoms with E-state index in [4.69, 9.17) is 11.6 Å². The summed E-state index contributed by atoms with van der Waals surface area (Å²) in [4.78, 5) is 48.4. The lowest BCUT2D eigenvalue weighted by Crippen LogP contribution is -2.41. The molecule has 230 valence electrons. The van der Waals surface area contributed by atoms with E-state index in [9.17, 15) is 38.5 Å². The Kier molecular flexibility index (Phi) is 11.9. The molecule has 8 N–H and O–H groups in total. The number of rotatable bonds is 14. The third-order valence-corrected chi connectivity index (χ3v) is 8.02. The van der Waals surface area contributed by atoms with E-state index < -0.39 is 34.6 Å². The maximum Gasteiger partial charge on any atom is 0.326 e. The van der Waals surface area contributed by atoms with Gasteiger partial charge in [0.05, 0.1) is 15.5 Å². The number of nitrogens with one attached hydrogen (secondary N) is 4. The third kappa shape index (κ3) is 10.3. The Morgan fingerprint density at radius 2 is 1.65 bits per heavy atom. The number of halogens is 1. The summed E-state index contributed by atoms with van der Waals surface area (Å²) in [5, 5.41) is 26.8. The second-order valence-electron chi connectivity index (χ2n) is 9.56. The van der Waals surface area contributed by atoms with E-state index in [0.717, 1.165) is 0 Å². The molecule has 12 nitrogen and oxygen atoms in total. The number of carboxylic acids is 1. The number of hydrogen-bond donors (Lipinski definition) is 8. The van der Waals surface area contributed by atoms with Gasteiger partial charge in [-0.05, 0) is 79.4 Å². The second-order valence-corrected chi connectivity index (χ2v) is 11.8. The summed E-state index contributed by atoms with van der Waals surface area (Å²) < 4.78 is 23.5. The molecule has 0 bridgehead atoms. The van der Waals surface area contributed by atoms with Gasteiger partial charge < -0.3 is 26.2 Å². The number of amides is 3. The highest BCUT2D eigenvalue weighted by Gasteiger charge is 2.22. The number of carbonyl (C=O) groups excluding carboxylic acids is 3. The summed E-state index contributed by atoms with van der Waals surface area (Å²) in [5.41, 5.74) is 1.39. The van der Waals surface area contributed by atoms with Gasteiger partial charge in [0, 0.05) is 31.3 Å². The topological polar surface area (TPSA) is 197 Å². The van der Waals surface area contributed by atoms with Crippen LogP contribution in [0.4, 0.5) is 5.69 Å². The van der Waals surface area contributed by atoms with E-state index in [1.165, 1.54) is 49.4 Å². The summed E-state index contributed by atoms with van der Waals surface area (Å²) >= 11 is 6.25. The number of unbranched alkanes of at least 4 members (excludes halogenated alkanes) is 1. The lowest BCUT2D eigenvalue weighted by molar-refractivity contribution is -0.139. The van der Waals surface area contributed by atoms with Crippen molar-refractivity contribution in [2.75, 3.05) is 11.9 Å². The molecule has 0 radical (unpaired) electrons. The number of phenols is 1. The fraction of sp³-hybridized carbons (Fsp3) is 0.241. The van der Waals surface area contributed by atoms with Gasteiger partial charge in [-0.1, -0.05) is 23.7 Å². The van der Waals surface area contributed by atoms with Gasteiger partial charge in [-0.3, -0.25) is 23.5 Å². The first-order valence-corrected chi connectivity index (χ1v) is 15.1. The zero-order valence-electron chi connectivity index (χ0n) is 23.2. The standard InChI is InChI=1S/C29H33ClN4O8S/c1-18(35)33-21-9-11-23(12-10-21)43(41,42)32-14-3-2-7-26(29(39)40)34-28(38)24-13-8-20(16-25(24)30)27(37)31-17-19-5-4-6-22(36)15-19/h4-6,8-13,15-16,26,32,36,41-42H,2-3,7,14,17H2,1H3,(H,31,37)(H,33,35)(H,34,38)(H,39,40)/t26-/m0/s1. The molecule has 0 aliphatic rings. The molecule has 0 aromatic heterocycles. The van der Waals surface area contributed by atoms with Crippen LogP contribution in [0.3, 0.4) is 0 Å². The summed E-state index contributed by atoms with van der Waals surface area (Å²) in [5.74, 6) is -2.60. The van der Waals surface area contributed by atoms with Crippen LogP contribution in [0.2, 0.25) is 5.02 Å². The normalized spacial score (nSPS) is 12.2. The minimum atomic E-state index is -3.31. The fourth-order valence-electron chi connectivity index (χ4n) is 3.99. The molecule has 3 amide bonds. The lowest BCUT2D eigenvalue weighted by Gasteiger charge is -2.33. The number of benzene rings is 3.